The molecule has 0 bridgehead atoms. The first-order chi connectivity index (χ1) is 7.06. The number of rotatable bonds is 5. The third kappa shape index (κ3) is 3.05. The quantitative estimate of drug-likeness (QED) is 0.656. The van der Waals surface area contributed by atoms with E-state index in [1.807, 2.05) is 0 Å². The minimum atomic E-state index is -0.146. The third-order valence-electron chi connectivity index (χ3n) is 3.51. The van der Waals surface area contributed by atoms with Gasteiger partial charge in [-0.25, -0.2) is 0 Å². The topological polar surface area (TPSA) is 43.4 Å². The number of Topliss-reactive ketones (excluding diaryl/α,β-unsaturated/α-hetero) is 1. The molecule has 0 aromatic rings. The van der Waals surface area contributed by atoms with Gasteiger partial charge in [0, 0.05) is 6.42 Å². The van der Waals surface area contributed by atoms with E-state index in [2.05, 4.69) is 6.92 Å². The summed E-state index contributed by atoms with van der Waals surface area (Å²) in [5.74, 6) is 0.962. The molecule has 86 valence electrons. The second-order valence-corrected chi connectivity index (χ2v) is 4.59. The molecule has 1 aliphatic rings. The van der Waals surface area contributed by atoms with E-state index in [1.54, 1.807) is 6.92 Å². The largest absolute Gasteiger partial charge is 0.469 e. The molecular formula is C12H20O3. The van der Waals surface area contributed by atoms with Gasteiger partial charge < -0.3 is 9.53 Å². The first-order valence-corrected chi connectivity index (χ1v) is 5.63. The van der Waals surface area contributed by atoms with Crippen molar-refractivity contribution >= 4 is 11.8 Å². The molecule has 3 heteroatoms. The van der Waals surface area contributed by atoms with Crippen molar-refractivity contribution in [2.24, 2.45) is 17.8 Å². The highest BCUT2D eigenvalue weighted by molar-refractivity contribution is 5.77. The molecule has 1 rings (SSSR count). The van der Waals surface area contributed by atoms with Crippen LogP contribution >= 0.6 is 0 Å². The zero-order chi connectivity index (χ0) is 11.4. The molecule has 0 aromatic carbocycles. The maximum Gasteiger partial charge on any atom is 0.308 e. The first kappa shape index (κ1) is 12.2. The van der Waals surface area contributed by atoms with Crippen LogP contribution in [0.15, 0.2) is 0 Å². The summed E-state index contributed by atoms with van der Waals surface area (Å²) < 4.78 is 4.80. The van der Waals surface area contributed by atoms with E-state index in [-0.39, 0.29) is 17.7 Å². The molecule has 0 amide bonds. The Bertz CT molecular complexity index is 247. The maximum absolute atomic E-state index is 11.6. The van der Waals surface area contributed by atoms with Crippen LogP contribution in [0.5, 0.6) is 0 Å². The Labute approximate surface area is 91.2 Å². The Kier molecular flexibility index (Phi) is 4.30. The maximum atomic E-state index is 11.6. The van der Waals surface area contributed by atoms with Gasteiger partial charge in [-0.15, -0.1) is 0 Å². The van der Waals surface area contributed by atoms with E-state index in [1.165, 1.54) is 13.5 Å². The SMILES string of the molecule is COC(=O)C(CCC(C)=O)C1CCC1C. The standard InChI is InChI=1S/C12H20O3/c1-8-4-6-10(8)11(12(14)15-3)7-5-9(2)13/h8,10-11H,4-7H2,1-3H3. The minimum absolute atomic E-state index is 0.0670. The molecule has 15 heavy (non-hydrogen) atoms. The summed E-state index contributed by atoms with van der Waals surface area (Å²) in [6, 6.07) is 0. The summed E-state index contributed by atoms with van der Waals surface area (Å²) in [5.41, 5.74) is 0. The number of ether oxygens (including phenoxy) is 1. The molecule has 0 heterocycles. The summed E-state index contributed by atoms with van der Waals surface area (Å²) >= 11 is 0. The zero-order valence-electron chi connectivity index (χ0n) is 9.79. The van der Waals surface area contributed by atoms with Crippen molar-refractivity contribution in [1.82, 2.24) is 0 Å². The first-order valence-electron chi connectivity index (χ1n) is 5.63. The van der Waals surface area contributed by atoms with Gasteiger partial charge in [-0.3, -0.25) is 4.79 Å². The summed E-state index contributed by atoms with van der Waals surface area (Å²) in [6.45, 7) is 3.73. The lowest BCUT2D eigenvalue weighted by Gasteiger charge is -2.38. The van der Waals surface area contributed by atoms with Crippen LogP contribution < -0.4 is 0 Å². The summed E-state index contributed by atoms with van der Waals surface area (Å²) in [6.07, 6.45) is 3.43. The van der Waals surface area contributed by atoms with Gasteiger partial charge in [0.1, 0.15) is 5.78 Å². The zero-order valence-corrected chi connectivity index (χ0v) is 9.79. The van der Waals surface area contributed by atoms with Crippen LogP contribution in [-0.4, -0.2) is 18.9 Å². The fraction of sp³-hybridized carbons (Fsp3) is 0.833. The van der Waals surface area contributed by atoms with Gasteiger partial charge in [0.05, 0.1) is 13.0 Å². The molecule has 0 aromatic heterocycles. The Morgan fingerprint density at radius 2 is 2.07 bits per heavy atom. The molecule has 0 saturated heterocycles. The van der Waals surface area contributed by atoms with Crippen molar-refractivity contribution < 1.29 is 14.3 Å². The summed E-state index contributed by atoms with van der Waals surface area (Å²) in [7, 11) is 1.42. The van der Waals surface area contributed by atoms with E-state index in [9.17, 15) is 9.59 Å². The molecule has 1 aliphatic carbocycles. The van der Waals surface area contributed by atoms with Gasteiger partial charge >= 0.3 is 5.97 Å². The lowest BCUT2D eigenvalue weighted by atomic mass is 9.67. The molecule has 3 atom stereocenters. The second kappa shape index (κ2) is 5.29. The highest BCUT2D eigenvalue weighted by Gasteiger charge is 2.38. The molecular weight excluding hydrogens is 192 g/mol. The number of hydrogen-bond donors (Lipinski definition) is 0. The minimum Gasteiger partial charge on any atom is -0.469 e. The molecule has 0 radical (unpaired) electrons. The van der Waals surface area contributed by atoms with E-state index in [0.717, 1.165) is 6.42 Å². The van der Waals surface area contributed by atoms with Crippen molar-refractivity contribution in [2.75, 3.05) is 7.11 Å². The van der Waals surface area contributed by atoms with E-state index >= 15 is 0 Å². The number of methoxy groups -OCH3 is 1. The van der Waals surface area contributed by atoms with Gasteiger partial charge in [0.2, 0.25) is 0 Å². The number of carbonyl (C=O) groups is 2. The normalized spacial score (nSPS) is 26.6. The molecule has 1 fully saturated rings. The van der Waals surface area contributed by atoms with Gasteiger partial charge in [-0.1, -0.05) is 13.3 Å². The average Bonchev–Trinajstić information content (AvgIpc) is 2.20. The van der Waals surface area contributed by atoms with Crippen LogP contribution in [-0.2, 0) is 14.3 Å². The summed E-state index contributed by atoms with van der Waals surface area (Å²) in [4.78, 5) is 22.5. The highest BCUT2D eigenvalue weighted by atomic mass is 16.5. The third-order valence-corrected chi connectivity index (χ3v) is 3.51. The average molecular weight is 212 g/mol. The van der Waals surface area contributed by atoms with E-state index in [0.29, 0.717) is 24.7 Å². The Balaban J connectivity index is 2.52. The van der Waals surface area contributed by atoms with Crippen molar-refractivity contribution in [1.29, 1.82) is 0 Å². The number of ketones is 1. The smallest absolute Gasteiger partial charge is 0.308 e. The monoisotopic (exact) mass is 212 g/mol. The highest BCUT2D eigenvalue weighted by Crippen LogP contribution is 2.41. The van der Waals surface area contributed by atoms with Gasteiger partial charge in [-0.2, -0.15) is 0 Å². The predicted molar refractivity (Wildman–Crippen MR) is 57.3 cm³/mol. The van der Waals surface area contributed by atoms with Gasteiger partial charge in [0.25, 0.3) is 0 Å². The van der Waals surface area contributed by atoms with E-state index < -0.39 is 0 Å². The lowest BCUT2D eigenvalue weighted by Crippen LogP contribution is -2.36. The lowest BCUT2D eigenvalue weighted by molar-refractivity contribution is -0.150. The number of hydrogen-bond acceptors (Lipinski definition) is 3. The van der Waals surface area contributed by atoms with Crippen LogP contribution in [0.3, 0.4) is 0 Å². The fourth-order valence-corrected chi connectivity index (χ4v) is 2.31. The predicted octanol–water partition coefficient (Wildman–Crippen LogP) is 2.19. The van der Waals surface area contributed by atoms with Crippen molar-refractivity contribution in [3.05, 3.63) is 0 Å². The molecule has 0 aliphatic heterocycles. The van der Waals surface area contributed by atoms with Crippen molar-refractivity contribution in [3.8, 4) is 0 Å². The fourth-order valence-electron chi connectivity index (χ4n) is 2.31. The van der Waals surface area contributed by atoms with Crippen LogP contribution in [0.25, 0.3) is 0 Å². The van der Waals surface area contributed by atoms with Crippen molar-refractivity contribution in [2.45, 2.75) is 39.5 Å². The van der Waals surface area contributed by atoms with E-state index in [4.69, 9.17) is 4.74 Å². The molecule has 1 saturated carbocycles. The van der Waals surface area contributed by atoms with Crippen LogP contribution in [0.2, 0.25) is 0 Å². The van der Waals surface area contributed by atoms with Crippen LogP contribution in [0, 0.1) is 17.8 Å². The van der Waals surface area contributed by atoms with Gasteiger partial charge in [0.15, 0.2) is 0 Å². The Hall–Kier alpha value is -0.860. The molecule has 3 unspecified atom stereocenters. The van der Waals surface area contributed by atoms with Gasteiger partial charge in [-0.05, 0) is 31.6 Å². The van der Waals surface area contributed by atoms with Crippen LogP contribution in [0.4, 0.5) is 0 Å². The number of carbonyl (C=O) groups excluding carboxylic acids is 2. The van der Waals surface area contributed by atoms with Crippen LogP contribution in [0.1, 0.15) is 39.5 Å². The Morgan fingerprint density at radius 3 is 2.40 bits per heavy atom. The number of esters is 1. The summed E-state index contributed by atoms with van der Waals surface area (Å²) in [5, 5.41) is 0. The second-order valence-electron chi connectivity index (χ2n) is 4.59. The Morgan fingerprint density at radius 1 is 1.40 bits per heavy atom. The van der Waals surface area contributed by atoms with Crippen molar-refractivity contribution in [3.63, 3.8) is 0 Å². The molecule has 0 N–H and O–H groups in total. The molecule has 3 nitrogen and oxygen atoms in total. The molecule has 0 spiro atoms.